The van der Waals surface area contributed by atoms with Gasteiger partial charge in [0.2, 0.25) is 0 Å². The predicted molar refractivity (Wildman–Crippen MR) is 61.8 cm³/mol. The van der Waals surface area contributed by atoms with Gasteiger partial charge in [0.15, 0.2) is 0 Å². The van der Waals surface area contributed by atoms with Gasteiger partial charge in [-0.05, 0) is 20.3 Å². The van der Waals surface area contributed by atoms with E-state index in [9.17, 15) is 4.79 Å². The lowest BCUT2D eigenvalue weighted by Crippen LogP contribution is -2.40. The van der Waals surface area contributed by atoms with Crippen molar-refractivity contribution in [1.82, 2.24) is 5.32 Å². The Hall–Kier alpha value is -0.610. The van der Waals surface area contributed by atoms with E-state index in [1.54, 1.807) is 0 Å². The minimum atomic E-state index is -0.561. The molecule has 16 heavy (non-hydrogen) atoms. The molecule has 0 spiro atoms. The van der Waals surface area contributed by atoms with Crippen molar-refractivity contribution in [3.63, 3.8) is 0 Å². The van der Waals surface area contributed by atoms with E-state index in [1.807, 2.05) is 13.8 Å². The third-order valence-electron chi connectivity index (χ3n) is 2.58. The summed E-state index contributed by atoms with van der Waals surface area (Å²) in [6.45, 7) is 6.75. The Morgan fingerprint density at radius 1 is 1.44 bits per heavy atom. The van der Waals surface area contributed by atoms with Crippen molar-refractivity contribution in [3.8, 4) is 0 Å². The van der Waals surface area contributed by atoms with Crippen LogP contribution in [-0.4, -0.2) is 24.5 Å². The summed E-state index contributed by atoms with van der Waals surface area (Å²) in [5.41, 5.74) is -0.104. The topological polar surface area (TPSA) is 47.6 Å². The first-order valence-electron chi connectivity index (χ1n) is 6.12. The normalized spacial score (nSPS) is 23.3. The summed E-state index contributed by atoms with van der Waals surface area (Å²) in [5, 5.41) is 3.10. The Kier molecular flexibility index (Phi) is 5.22. The summed E-state index contributed by atoms with van der Waals surface area (Å²) in [7, 11) is 0. The molecule has 0 bridgehead atoms. The SMILES string of the molecule is CCCCCCC(=O)OC1NC(C)(C)CO1. The molecular formula is C12H23NO3. The molecule has 1 atom stereocenters. The van der Waals surface area contributed by atoms with E-state index in [4.69, 9.17) is 9.47 Å². The molecule has 1 aliphatic rings. The van der Waals surface area contributed by atoms with Gasteiger partial charge in [-0.2, -0.15) is 0 Å². The van der Waals surface area contributed by atoms with E-state index in [2.05, 4.69) is 12.2 Å². The Morgan fingerprint density at radius 2 is 2.19 bits per heavy atom. The van der Waals surface area contributed by atoms with Gasteiger partial charge in [-0.25, -0.2) is 0 Å². The molecule has 4 nitrogen and oxygen atoms in total. The lowest BCUT2D eigenvalue weighted by Gasteiger charge is -2.16. The molecule has 4 heteroatoms. The molecule has 1 heterocycles. The Balaban J connectivity index is 2.11. The van der Waals surface area contributed by atoms with Gasteiger partial charge in [0.05, 0.1) is 6.61 Å². The van der Waals surface area contributed by atoms with Crippen LogP contribution in [0.4, 0.5) is 0 Å². The summed E-state index contributed by atoms with van der Waals surface area (Å²) in [6.07, 6.45) is 4.28. The highest BCUT2D eigenvalue weighted by atomic mass is 16.7. The number of hydrogen-bond acceptors (Lipinski definition) is 4. The predicted octanol–water partition coefficient (Wildman–Crippen LogP) is 2.18. The molecule has 0 aromatic carbocycles. The zero-order chi connectivity index (χ0) is 12.0. The number of nitrogens with one attached hydrogen (secondary N) is 1. The third-order valence-corrected chi connectivity index (χ3v) is 2.58. The molecule has 0 saturated carbocycles. The monoisotopic (exact) mass is 229 g/mol. The van der Waals surface area contributed by atoms with Gasteiger partial charge in [-0.1, -0.05) is 26.2 Å². The lowest BCUT2D eigenvalue weighted by molar-refractivity contribution is -0.173. The molecule has 1 N–H and O–H groups in total. The van der Waals surface area contributed by atoms with Crippen LogP contribution in [0.5, 0.6) is 0 Å². The van der Waals surface area contributed by atoms with Gasteiger partial charge >= 0.3 is 5.97 Å². The lowest BCUT2D eigenvalue weighted by atomic mass is 10.1. The highest BCUT2D eigenvalue weighted by molar-refractivity contribution is 5.69. The summed E-state index contributed by atoms with van der Waals surface area (Å²) in [4.78, 5) is 11.4. The molecule has 0 amide bonds. The molecule has 0 aromatic heterocycles. The zero-order valence-electron chi connectivity index (χ0n) is 10.5. The van der Waals surface area contributed by atoms with Crippen LogP contribution in [0, 0.1) is 0 Å². The van der Waals surface area contributed by atoms with E-state index < -0.39 is 6.41 Å². The van der Waals surface area contributed by atoms with Crippen LogP contribution in [0.25, 0.3) is 0 Å². The van der Waals surface area contributed by atoms with Crippen molar-refractivity contribution in [2.75, 3.05) is 6.61 Å². The largest absolute Gasteiger partial charge is 0.421 e. The quantitative estimate of drug-likeness (QED) is 0.560. The third kappa shape index (κ3) is 4.94. The smallest absolute Gasteiger partial charge is 0.309 e. The molecule has 94 valence electrons. The van der Waals surface area contributed by atoms with Crippen LogP contribution < -0.4 is 5.32 Å². The second kappa shape index (κ2) is 6.21. The number of hydrogen-bond donors (Lipinski definition) is 1. The summed E-state index contributed by atoms with van der Waals surface area (Å²) >= 11 is 0. The maximum atomic E-state index is 11.4. The van der Waals surface area contributed by atoms with Gasteiger partial charge in [0.25, 0.3) is 6.41 Å². The fourth-order valence-electron chi connectivity index (χ4n) is 1.62. The minimum Gasteiger partial charge on any atom is -0.421 e. The number of unbranched alkanes of at least 4 members (excludes halogenated alkanes) is 3. The van der Waals surface area contributed by atoms with Crippen LogP contribution in [0.15, 0.2) is 0 Å². The molecule has 0 aromatic rings. The number of rotatable bonds is 6. The second-order valence-electron chi connectivity index (χ2n) is 4.97. The number of esters is 1. The van der Waals surface area contributed by atoms with Gasteiger partial charge in [0.1, 0.15) is 0 Å². The first-order chi connectivity index (χ1) is 7.53. The van der Waals surface area contributed by atoms with Crippen LogP contribution >= 0.6 is 0 Å². The van der Waals surface area contributed by atoms with E-state index >= 15 is 0 Å². The maximum absolute atomic E-state index is 11.4. The number of ether oxygens (including phenoxy) is 2. The molecule has 0 radical (unpaired) electrons. The van der Waals surface area contributed by atoms with Gasteiger partial charge in [-0.15, -0.1) is 0 Å². The molecule has 1 saturated heterocycles. The summed E-state index contributed by atoms with van der Waals surface area (Å²) in [5.74, 6) is -0.175. The van der Waals surface area contributed by atoms with E-state index in [-0.39, 0.29) is 11.5 Å². The zero-order valence-corrected chi connectivity index (χ0v) is 10.5. The first-order valence-corrected chi connectivity index (χ1v) is 6.12. The number of carbonyl (C=O) groups is 1. The Labute approximate surface area is 97.7 Å². The summed E-state index contributed by atoms with van der Waals surface area (Å²) < 4.78 is 10.5. The van der Waals surface area contributed by atoms with Crippen molar-refractivity contribution in [2.45, 2.75) is 64.8 Å². The fraction of sp³-hybridized carbons (Fsp3) is 0.917. The van der Waals surface area contributed by atoms with E-state index in [0.717, 1.165) is 12.8 Å². The molecule has 0 aliphatic carbocycles. The average Bonchev–Trinajstić information content (AvgIpc) is 2.53. The molecule has 1 rings (SSSR count). The minimum absolute atomic E-state index is 0.104. The fourth-order valence-corrected chi connectivity index (χ4v) is 1.62. The van der Waals surface area contributed by atoms with Crippen molar-refractivity contribution in [1.29, 1.82) is 0 Å². The van der Waals surface area contributed by atoms with Gasteiger partial charge < -0.3 is 9.47 Å². The van der Waals surface area contributed by atoms with E-state index in [0.29, 0.717) is 13.0 Å². The van der Waals surface area contributed by atoms with Crippen LogP contribution in [-0.2, 0) is 14.3 Å². The molecule has 1 aliphatic heterocycles. The molecular weight excluding hydrogens is 206 g/mol. The van der Waals surface area contributed by atoms with Crippen molar-refractivity contribution >= 4 is 5.97 Å². The van der Waals surface area contributed by atoms with Gasteiger partial charge in [0, 0.05) is 12.0 Å². The molecule has 1 unspecified atom stereocenters. The van der Waals surface area contributed by atoms with Crippen molar-refractivity contribution in [2.24, 2.45) is 0 Å². The molecule has 1 fully saturated rings. The van der Waals surface area contributed by atoms with Crippen LogP contribution in [0.1, 0.15) is 52.9 Å². The highest BCUT2D eigenvalue weighted by Gasteiger charge is 2.32. The van der Waals surface area contributed by atoms with Crippen LogP contribution in [0.2, 0.25) is 0 Å². The first kappa shape index (κ1) is 13.5. The maximum Gasteiger partial charge on any atom is 0.309 e. The number of carbonyl (C=O) groups excluding carboxylic acids is 1. The Bertz CT molecular complexity index is 228. The Morgan fingerprint density at radius 3 is 2.75 bits per heavy atom. The van der Waals surface area contributed by atoms with Crippen molar-refractivity contribution < 1.29 is 14.3 Å². The second-order valence-corrected chi connectivity index (χ2v) is 4.97. The van der Waals surface area contributed by atoms with Gasteiger partial charge in [-0.3, -0.25) is 10.1 Å². The average molecular weight is 229 g/mol. The van der Waals surface area contributed by atoms with E-state index in [1.165, 1.54) is 12.8 Å². The standard InChI is InChI=1S/C12H23NO3/c1-4-5-6-7-8-10(14)16-11-13-12(2,3)9-15-11/h11,13H,4-9H2,1-3H3. The summed E-state index contributed by atoms with van der Waals surface area (Å²) in [6, 6.07) is 0. The highest BCUT2D eigenvalue weighted by Crippen LogP contribution is 2.15. The van der Waals surface area contributed by atoms with Crippen LogP contribution in [0.3, 0.4) is 0 Å². The van der Waals surface area contributed by atoms with Crippen molar-refractivity contribution in [3.05, 3.63) is 0 Å².